The second-order valence-corrected chi connectivity index (χ2v) is 4.03. The van der Waals surface area contributed by atoms with Crippen LogP contribution in [0, 0.1) is 17.5 Å². The number of thiophene rings is 1. The Labute approximate surface area is 93.8 Å². The molecule has 0 amide bonds. The summed E-state index contributed by atoms with van der Waals surface area (Å²) in [6.07, 6.45) is -1.28. The zero-order valence-corrected chi connectivity index (χ0v) is 8.77. The van der Waals surface area contributed by atoms with Gasteiger partial charge in [0.2, 0.25) is 0 Å². The lowest BCUT2D eigenvalue weighted by Gasteiger charge is -2.10. The van der Waals surface area contributed by atoms with Gasteiger partial charge >= 0.3 is 0 Å². The highest BCUT2D eigenvalue weighted by atomic mass is 32.1. The molecule has 0 fully saturated rings. The van der Waals surface area contributed by atoms with E-state index in [1.54, 1.807) is 16.8 Å². The van der Waals surface area contributed by atoms with E-state index < -0.39 is 23.6 Å². The largest absolute Gasteiger partial charge is 0.384 e. The Hall–Kier alpha value is -1.33. The van der Waals surface area contributed by atoms with Crippen LogP contribution in [0.2, 0.25) is 0 Å². The molecule has 1 unspecified atom stereocenters. The van der Waals surface area contributed by atoms with Gasteiger partial charge in [0, 0.05) is 11.6 Å². The van der Waals surface area contributed by atoms with Crippen LogP contribution in [-0.2, 0) is 0 Å². The lowest BCUT2D eigenvalue weighted by Crippen LogP contribution is -2.03. The third-order valence-corrected chi connectivity index (χ3v) is 2.89. The molecule has 1 aromatic heterocycles. The van der Waals surface area contributed by atoms with Gasteiger partial charge in [-0.05, 0) is 28.5 Å². The summed E-state index contributed by atoms with van der Waals surface area (Å²) in [7, 11) is 0. The van der Waals surface area contributed by atoms with Crippen LogP contribution in [-0.4, -0.2) is 5.11 Å². The van der Waals surface area contributed by atoms with Gasteiger partial charge < -0.3 is 5.11 Å². The molecule has 1 N–H and O–H groups in total. The molecule has 1 heterocycles. The molecule has 0 spiro atoms. The van der Waals surface area contributed by atoms with Crippen molar-refractivity contribution in [2.75, 3.05) is 0 Å². The first kappa shape index (κ1) is 11.2. The molecule has 84 valence electrons. The quantitative estimate of drug-likeness (QED) is 0.804. The van der Waals surface area contributed by atoms with E-state index in [-0.39, 0.29) is 5.56 Å². The first-order valence-corrected chi connectivity index (χ1v) is 5.38. The SMILES string of the molecule is OC(c1ccsc1)c1cc(F)c(F)cc1F. The third kappa shape index (κ3) is 1.96. The van der Waals surface area contributed by atoms with Crippen LogP contribution >= 0.6 is 11.3 Å². The molecule has 1 atom stereocenters. The fourth-order valence-electron chi connectivity index (χ4n) is 1.36. The molecule has 0 saturated carbocycles. The van der Waals surface area contributed by atoms with Crippen molar-refractivity contribution in [3.63, 3.8) is 0 Å². The van der Waals surface area contributed by atoms with E-state index in [4.69, 9.17) is 0 Å². The molecule has 1 aromatic carbocycles. The minimum atomic E-state index is -1.28. The lowest BCUT2D eigenvalue weighted by atomic mass is 10.0. The number of halogens is 3. The van der Waals surface area contributed by atoms with Gasteiger partial charge in [-0.15, -0.1) is 0 Å². The van der Waals surface area contributed by atoms with E-state index in [9.17, 15) is 18.3 Å². The zero-order chi connectivity index (χ0) is 11.7. The molecule has 2 rings (SSSR count). The van der Waals surface area contributed by atoms with Crippen LogP contribution in [0.5, 0.6) is 0 Å². The summed E-state index contributed by atoms with van der Waals surface area (Å²) in [5.41, 5.74) is 0.187. The fraction of sp³-hybridized carbons (Fsp3) is 0.0909. The first-order chi connectivity index (χ1) is 7.59. The van der Waals surface area contributed by atoms with Gasteiger partial charge in [-0.2, -0.15) is 11.3 Å². The van der Waals surface area contributed by atoms with Gasteiger partial charge in [-0.3, -0.25) is 0 Å². The monoisotopic (exact) mass is 244 g/mol. The van der Waals surface area contributed by atoms with Crippen molar-refractivity contribution < 1.29 is 18.3 Å². The molecule has 5 heteroatoms. The second-order valence-electron chi connectivity index (χ2n) is 3.25. The van der Waals surface area contributed by atoms with Crippen LogP contribution in [0.1, 0.15) is 17.2 Å². The van der Waals surface area contributed by atoms with E-state index in [0.717, 1.165) is 0 Å². The average Bonchev–Trinajstić information content (AvgIpc) is 2.75. The Morgan fingerprint density at radius 3 is 2.38 bits per heavy atom. The number of aliphatic hydroxyl groups excluding tert-OH is 1. The molecule has 2 aromatic rings. The topological polar surface area (TPSA) is 20.2 Å². The Kier molecular flexibility index (Phi) is 2.98. The van der Waals surface area contributed by atoms with Crippen molar-refractivity contribution in [3.8, 4) is 0 Å². The van der Waals surface area contributed by atoms with E-state index in [2.05, 4.69) is 0 Å². The molecule has 16 heavy (non-hydrogen) atoms. The van der Waals surface area contributed by atoms with Crippen LogP contribution in [0.3, 0.4) is 0 Å². The fourth-order valence-corrected chi connectivity index (χ4v) is 2.04. The Balaban J connectivity index is 2.44. The highest BCUT2D eigenvalue weighted by Crippen LogP contribution is 2.27. The van der Waals surface area contributed by atoms with Crippen LogP contribution < -0.4 is 0 Å². The number of hydrogen-bond donors (Lipinski definition) is 1. The summed E-state index contributed by atoms with van der Waals surface area (Å²) in [6.45, 7) is 0. The van der Waals surface area contributed by atoms with E-state index >= 15 is 0 Å². The summed E-state index contributed by atoms with van der Waals surface area (Å²) in [5.74, 6) is -3.40. The number of benzene rings is 1. The highest BCUT2D eigenvalue weighted by Gasteiger charge is 2.18. The Bertz CT molecular complexity index is 496. The van der Waals surface area contributed by atoms with Gasteiger partial charge in [0.1, 0.15) is 11.9 Å². The summed E-state index contributed by atoms with van der Waals surface area (Å²) in [6, 6.07) is 2.70. The maximum Gasteiger partial charge on any atom is 0.161 e. The molecule has 0 bridgehead atoms. The predicted octanol–water partition coefficient (Wildman–Crippen LogP) is 3.25. The average molecular weight is 244 g/mol. The summed E-state index contributed by atoms with van der Waals surface area (Å²) in [5, 5.41) is 13.1. The van der Waals surface area contributed by atoms with Crippen molar-refractivity contribution >= 4 is 11.3 Å². The van der Waals surface area contributed by atoms with Crippen molar-refractivity contribution in [1.82, 2.24) is 0 Å². The van der Waals surface area contributed by atoms with Crippen molar-refractivity contribution in [2.24, 2.45) is 0 Å². The van der Waals surface area contributed by atoms with E-state index in [1.165, 1.54) is 11.3 Å². The Morgan fingerprint density at radius 1 is 1.06 bits per heavy atom. The highest BCUT2D eigenvalue weighted by molar-refractivity contribution is 7.07. The van der Waals surface area contributed by atoms with Crippen LogP contribution in [0.15, 0.2) is 29.0 Å². The maximum absolute atomic E-state index is 13.3. The molecule has 1 nitrogen and oxygen atoms in total. The van der Waals surface area contributed by atoms with Gasteiger partial charge in [0.15, 0.2) is 11.6 Å². The molecular weight excluding hydrogens is 237 g/mol. The van der Waals surface area contributed by atoms with Gasteiger partial charge in [-0.1, -0.05) is 0 Å². The molecular formula is C11H7F3OS. The zero-order valence-electron chi connectivity index (χ0n) is 7.95. The normalized spacial score (nSPS) is 12.8. The first-order valence-electron chi connectivity index (χ1n) is 4.44. The van der Waals surface area contributed by atoms with Crippen molar-refractivity contribution in [1.29, 1.82) is 0 Å². The lowest BCUT2D eigenvalue weighted by molar-refractivity contribution is 0.214. The summed E-state index contributed by atoms with van der Waals surface area (Å²) < 4.78 is 38.9. The molecule has 0 aliphatic carbocycles. The van der Waals surface area contributed by atoms with Gasteiger partial charge in [0.25, 0.3) is 0 Å². The molecule has 0 saturated heterocycles. The van der Waals surface area contributed by atoms with Crippen molar-refractivity contribution in [2.45, 2.75) is 6.10 Å². The van der Waals surface area contributed by atoms with E-state index in [0.29, 0.717) is 17.7 Å². The Morgan fingerprint density at radius 2 is 1.75 bits per heavy atom. The molecule has 0 radical (unpaired) electrons. The number of rotatable bonds is 2. The summed E-state index contributed by atoms with van der Waals surface area (Å²) >= 11 is 1.33. The molecule has 0 aliphatic rings. The van der Waals surface area contributed by atoms with Gasteiger partial charge in [0.05, 0.1) is 0 Å². The number of aliphatic hydroxyl groups is 1. The van der Waals surface area contributed by atoms with Crippen LogP contribution in [0.4, 0.5) is 13.2 Å². The smallest absolute Gasteiger partial charge is 0.161 e. The standard InChI is InChI=1S/C11H7F3OS/c12-8-4-10(14)9(13)3-7(8)11(15)6-1-2-16-5-6/h1-5,11,15H. The maximum atomic E-state index is 13.3. The predicted molar refractivity (Wildman–Crippen MR) is 54.7 cm³/mol. The summed E-state index contributed by atoms with van der Waals surface area (Å²) in [4.78, 5) is 0. The van der Waals surface area contributed by atoms with Crippen molar-refractivity contribution in [3.05, 3.63) is 57.5 Å². The molecule has 0 aliphatic heterocycles. The third-order valence-electron chi connectivity index (χ3n) is 2.19. The minimum Gasteiger partial charge on any atom is -0.384 e. The second kappa shape index (κ2) is 4.27. The van der Waals surface area contributed by atoms with Gasteiger partial charge in [-0.25, -0.2) is 13.2 Å². The minimum absolute atomic E-state index is 0.266. The van der Waals surface area contributed by atoms with E-state index in [1.807, 2.05) is 0 Å². The number of hydrogen-bond acceptors (Lipinski definition) is 2. The van der Waals surface area contributed by atoms with Crippen LogP contribution in [0.25, 0.3) is 0 Å².